The molecule has 0 saturated heterocycles. The number of hydrogen-bond acceptors (Lipinski definition) is 5. The zero-order valence-corrected chi connectivity index (χ0v) is 16.1. The molecule has 7 heteroatoms. The van der Waals surface area contributed by atoms with Crippen LogP contribution in [0, 0.1) is 5.92 Å². The Hall–Kier alpha value is -2.15. The van der Waals surface area contributed by atoms with Gasteiger partial charge in [-0.3, -0.25) is 10.1 Å². The Labute approximate surface area is 157 Å². The van der Waals surface area contributed by atoms with E-state index in [0.717, 1.165) is 34.6 Å². The number of urea groups is 1. The van der Waals surface area contributed by atoms with Gasteiger partial charge in [0.15, 0.2) is 0 Å². The van der Waals surface area contributed by atoms with Crippen molar-refractivity contribution in [2.45, 2.75) is 49.8 Å². The first kappa shape index (κ1) is 18.6. The van der Waals surface area contributed by atoms with Gasteiger partial charge in [-0.1, -0.05) is 43.8 Å². The molecular formula is C19H24N4O2S. The van der Waals surface area contributed by atoms with Gasteiger partial charge in [0.05, 0.1) is 10.8 Å². The van der Waals surface area contributed by atoms with Crippen LogP contribution in [0.15, 0.2) is 29.3 Å². The standard InChI is InChI=1S/C19H24N4O2S/c1-11(2)10-20-19(25)23-17(24)12(3)26-18-14-6-4-5-7-15(14)21-16(22-18)13-8-9-13/h4-7,11-13H,8-10H2,1-3H3,(H2,20,23,24,25)/t12-/m0/s1. The molecule has 3 amide bonds. The number of fused-ring (bicyclic) bond motifs is 1. The molecule has 1 aliphatic carbocycles. The van der Waals surface area contributed by atoms with Crippen LogP contribution in [0.5, 0.6) is 0 Å². The summed E-state index contributed by atoms with van der Waals surface area (Å²) in [6, 6.07) is 7.37. The SMILES string of the molecule is CC(C)CNC(=O)NC(=O)[C@H](C)Sc1nc(C2CC2)nc2ccccc12. The van der Waals surface area contributed by atoms with Crippen LogP contribution >= 0.6 is 11.8 Å². The first-order chi connectivity index (χ1) is 12.4. The minimum absolute atomic E-state index is 0.327. The van der Waals surface area contributed by atoms with Gasteiger partial charge in [-0.2, -0.15) is 0 Å². The van der Waals surface area contributed by atoms with Crippen LogP contribution in [0.2, 0.25) is 0 Å². The highest BCUT2D eigenvalue weighted by molar-refractivity contribution is 8.00. The Kier molecular flexibility index (Phi) is 5.76. The van der Waals surface area contributed by atoms with Crippen molar-refractivity contribution in [3.05, 3.63) is 30.1 Å². The molecule has 0 bridgehead atoms. The van der Waals surface area contributed by atoms with Gasteiger partial charge in [0, 0.05) is 17.8 Å². The summed E-state index contributed by atoms with van der Waals surface area (Å²) in [5, 5.41) is 6.38. The minimum Gasteiger partial charge on any atom is -0.338 e. The first-order valence-corrected chi connectivity index (χ1v) is 9.84. The third-order valence-electron chi connectivity index (χ3n) is 4.09. The van der Waals surface area contributed by atoms with Crippen LogP contribution in [0.4, 0.5) is 4.79 Å². The van der Waals surface area contributed by atoms with E-state index >= 15 is 0 Å². The number of para-hydroxylation sites is 1. The van der Waals surface area contributed by atoms with Crippen LogP contribution in [0.25, 0.3) is 10.9 Å². The summed E-state index contributed by atoms with van der Waals surface area (Å²) in [5.41, 5.74) is 0.897. The highest BCUT2D eigenvalue weighted by Gasteiger charge is 2.28. The number of aromatic nitrogens is 2. The fourth-order valence-corrected chi connectivity index (χ4v) is 3.40. The van der Waals surface area contributed by atoms with E-state index < -0.39 is 11.3 Å². The van der Waals surface area contributed by atoms with E-state index in [-0.39, 0.29) is 5.91 Å². The van der Waals surface area contributed by atoms with Gasteiger partial charge < -0.3 is 5.32 Å². The van der Waals surface area contributed by atoms with E-state index in [0.29, 0.717) is 18.4 Å². The number of benzene rings is 1. The van der Waals surface area contributed by atoms with E-state index in [9.17, 15) is 9.59 Å². The Morgan fingerprint density at radius 2 is 1.92 bits per heavy atom. The van der Waals surface area contributed by atoms with Gasteiger partial charge in [-0.05, 0) is 31.7 Å². The summed E-state index contributed by atoms with van der Waals surface area (Å²) in [5.74, 6) is 1.29. The molecule has 138 valence electrons. The predicted octanol–water partition coefficient (Wildman–Crippen LogP) is 3.47. The van der Waals surface area contributed by atoms with Crippen LogP contribution in [0.1, 0.15) is 45.4 Å². The topological polar surface area (TPSA) is 84.0 Å². The van der Waals surface area contributed by atoms with Gasteiger partial charge >= 0.3 is 6.03 Å². The highest BCUT2D eigenvalue weighted by Crippen LogP contribution is 2.40. The quantitative estimate of drug-likeness (QED) is 0.599. The highest BCUT2D eigenvalue weighted by atomic mass is 32.2. The average Bonchev–Trinajstić information content (AvgIpc) is 3.45. The largest absolute Gasteiger partial charge is 0.338 e. The van der Waals surface area contributed by atoms with Gasteiger partial charge in [0.25, 0.3) is 0 Å². The second-order valence-corrected chi connectivity index (χ2v) is 8.36. The molecule has 0 aliphatic heterocycles. The van der Waals surface area contributed by atoms with E-state index in [4.69, 9.17) is 4.98 Å². The zero-order valence-electron chi connectivity index (χ0n) is 15.3. The fourth-order valence-electron chi connectivity index (χ4n) is 2.45. The maximum absolute atomic E-state index is 12.3. The Balaban J connectivity index is 1.71. The number of amides is 3. The summed E-state index contributed by atoms with van der Waals surface area (Å²) in [4.78, 5) is 33.5. The second kappa shape index (κ2) is 8.03. The van der Waals surface area contributed by atoms with Crippen LogP contribution in [-0.4, -0.2) is 33.7 Å². The summed E-state index contributed by atoms with van der Waals surface area (Å²) in [6.07, 6.45) is 2.24. The molecule has 1 aromatic carbocycles. The molecule has 1 aliphatic rings. The normalized spacial score (nSPS) is 15.1. The molecule has 1 atom stereocenters. The smallest absolute Gasteiger partial charge is 0.321 e. The van der Waals surface area contributed by atoms with E-state index in [2.05, 4.69) is 15.6 Å². The maximum atomic E-state index is 12.3. The molecule has 1 aromatic heterocycles. The van der Waals surface area contributed by atoms with Crippen molar-refractivity contribution in [3.8, 4) is 0 Å². The van der Waals surface area contributed by atoms with Crippen molar-refractivity contribution in [2.75, 3.05) is 6.54 Å². The van der Waals surface area contributed by atoms with Crippen molar-refractivity contribution in [3.63, 3.8) is 0 Å². The molecular weight excluding hydrogens is 348 g/mol. The van der Waals surface area contributed by atoms with Crippen molar-refractivity contribution in [1.29, 1.82) is 0 Å². The third kappa shape index (κ3) is 4.72. The molecule has 6 nitrogen and oxygen atoms in total. The monoisotopic (exact) mass is 372 g/mol. The molecule has 2 N–H and O–H groups in total. The van der Waals surface area contributed by atoms with Crippen molar-refractivity contribution >= 4 is 34.6 Å². The average molecular weight is 372 g/mol. The Morgan fingerprint density at radius 3 is 2.62 bits per heavy atom. The number of hydrogen-bond donors (Lipinski definition) is 2. The van der Waals surface area contributed by atoms with Gasteiger partial charge in [0.2, 0.25) is 5.91 Å². The fraction of sp³-hybridized carbons (Fsp3) is 0.474. The molecule has 3 rings (SSSR count). The molecule has 0 radical (unpaired) electrons. The lowest BCUT2D eigenvalue weighted by molar-refractivity contribution is -0.119. The van der Waals surface area contributed by atoms with Gasteiger partial charge in [-0.25, -0.2) is 14.8 Å². The number of nitrogens with one attached hydrogen (secondary N) is 2. The number of thioether (sulfide) groups is 1. The van der Waals surface area contributed by atoms with Crippen LogP contribution in [-0.2, 0) is 4.79 Å². The number of nitrogens with zero attached hydrogens (tertiary/aromatic N) is 2. The van der Waals surface area contributed by atoms with Crippen molar-refractivity contribution in [2.24, 2.45) is 5.92 Å². The minimum atomic E-state index is -0.456. The Bertz CT molecular complexity index is 820. The first-order valence-electron chi connectivity index (χ1n) is 8.96. The lowest BCUT2D eigenvalue weighted by Crippen LogP contribution is -2.43. The van der Waals surface area contributed by atoms with Gasteiger partial charge in [-0.15, -0.1) is 0 Å². The zero-order chi connectivity index (χ0) is 18.7. The summed E-state index contributed by atoms with van der Waals surface area (Å²) >= 11 is 1.36. The van der Waals surface area contributed by atoms with E-state index in [1.807, 2.05) is 38.1 Å². The van der Waals surface area contributed by atoms with Gasteiger partial charge in [0.1, 0.15) is 10.9 Å². The summed E-state index contributed by atoms with van der Waals surface area (Å²) in [7, 11) is 0. The molecule has 0 unspecified atom stereocenters. The van der Waals surface area contributed by atoms with Crippen molar-refractivity contribution in [1.82, 2.24) is 20.6 Å². The molecule has 2 aromatic rings. The van der Waals surface area contributed by atoms with E-state index in [1.165, 1.54) is 11.8 Å². The van der Waals surface area contributed by atoms with Crippen LogP contribution in [0.3, 0.4) is 0 Å². The second-order valence-electron chi connectivity index (χ2n) is 7.03. The maximum Gasteiger partial charge on any atom is 0.321 e. The Morgan fingerprint density at radius 1 is 1.19 bits per heavy atom. The molecule has 1 saturated carbocycles. The molecule has 1 fully saturated rings. The number of carbonyl (C=O) groups excluding carboxylic acids is 2. The number of carbonyl (C=O) groups is 2. The van der Waals surface area contributed by atoms with Crippen LogP contribution < -0.4 is 10.6 Å². The van der Waals surface area contributed by atoms with Crippen molar-refractivity contribution < 1.29 is 9.59 Å². The third-order valence-corrected chi connectivity index (χ3v) is 5.20. The number of rotatable bonds is 6. The van der Waals surface area contributed by atoms with E-state index in [1.54, 1.807) is 6.92 Å². The summed E-state index contributed by atoms with van der Waals surface area (Å²) < 4.78 is 0. The molecule has 26 heavy (non-hydrogen) atoms. The molecule has 0 spiro atoms. The number of imide groups is 1. The lowest BCUT2D eigenvalue weighted by Gasteiger charge is -2.14. The molecule has 1 heterocycles. The predicted molar refractivity (Wildman–Crippen MR) is 103 cm³/mol. The lowest BCUT2D eigenvalue weighted by atomic mass is 10.2. The summed E-state index contributed by atoms with van der Waals surface area (Å²) in [6.45, 7) is 6.31.